The van der Waals surface area contributed by atoms with E-state index in [2.05, 4.69) is 0 Å². The predicted octanol–water partition coefficient (Wildman–Crippen LogP) is 1.56. The molecule has 12 heavy (non-hydrogen) atoms. The highest BCUT2D eigenvalue weighted by Gasteiger charge is 2.10. The molecule has 66 valence electrons. The van der Waals surface area contributed by atoms with E-state index in [4.69, 9.17) is 10.2 Å². The van der Waals surface area contributed by atoms with Crippen molar-refractivity contribution in [3.8, 4) is 5.75 Å². The Morgan fingerprint density at radius 1 is 1.42 bits per heavy atom. The first-order chi connectivity index (χ1) is 5.13. The quantitative estimate of drug-likeness (QED) is 0.594. The fourth-order valence-corrected chi connectivity index (χ4v) is 0.931. The van der Waals surface area contributed by atoms with Gasteiger partial charge in [0.05, 0.1) is 0 Å². The van der Waals surface area contributed by atoms with E-state index in [1.165, 1.54) is 6.07 Å². The van der Waals surface area contributed by atoms with Crippen LogP contribution in [-0.2, 0) is 0 Å². The number of phenols is 1. The van der Waals surface area contributed by atoms with Crippen LogP contribution in [0.5, 0.6) is 5.75 Å². The third kappa shape index (κ3) is 1.73. The van der Waals surface area contributed by atoms with E-state index in [0.717, 1.165) is 0 Å². The zero-order chi connectivity index (χ0) is 8.43. The molecular formula is C8H11NO3. The van der Waals surface area contributed by atoms with Crippen LogP contribution in [0.2, 0.25) is 0 Å². The molecule has 0 aliphatic carbocycles. The average molecular weight is 169 g/mol. The van der Waals surface area contributed by atoms with Crippen LogP contribution in [-0.4, -0.2) is 16.2 Å². The number of carbonyl (C=O) groups is 1. The van der Waals surface area contributed by atoms with Gasteiger partial charge in [0.2, 0.25) is 0 Å². The normalized spacial score (nSPS) is 8.75. The van der Waals surface area contributed by atoms with E-state index < -0.39 is 5.97 Å². The molecule has 0 fully saturated rings. The molecule has 4 nitrogen and oxygen atoms in total. The number of aryl methyl sites for hydroxylation is 1. The van der Waals surface area contributed by atoms with Crippen molar-refractivity contribution in [3.63, 3.8) is 0 Å². The second-order valence-corrected chi connectivity index (χ2v) is 2.27. The number of rotatable bonds is 1. The molecule has 0 unspecified atom stereocenters. The minimum atomic E-state index is -1.10. The molecule has 0 radical (unpaired) electrons. The van der Waals surface area contributed by atoms with Gasteiger partial charge in [-0.3, -0.25) is 0 Å². The summed E-state index contributed by atoms with van der Waals surface area (Å²) in [6.07, 6.45) is 0. The Kier molecular flexibility index (Phi) is 3.25. The van der Waals surface area contributed by atoms with E-state index >= 15 is 0 Å². The minimum Gasteiger partial charge on any atom is -0.507 e. The lowest BCUT2D eigenvalue weighted by atomic mass is 10.1. The van der Waals surface area contributed by atoms with Gasteiger partial charge in [-0.25, -0.2) is 4.79 Å². The van der Waals surface area contributed by atoms with E-state index in [1.54, 1.807) is 19.1 Å². The summed E-state index contributed by atoms with van der Waals surface area (Å²) < 4.78 is 0. The van der Waals surface area contributed by atoms with Gasteiger partial charge in [-0.2, -0.15) is 0 Å². The molecule has 1 aromatic rings. The van der Waals surface area contributed by atoms with Crippen LogP contribution >= 0.6 is 0 Å². The second kappa shape index (κ2) is 3.73. The number of benzene rings is 1. The highest BCUT2D eigenvalue weighted by molar-refractivity contribution is 5.92. The Morgan fingerprint density at radius 3 is 2.33 bits per heavy atom. The van der Waals surface area contributed by atoms with E-state index in [-0.39, 0.29) is 17.5 Å². The molecule has 0 atom stereocenters. The summed E-state index contributed by atoms with van der Waals surface area (Å²) >= 11 is 0. The number of aromatic hydroxyl groups is 1. The van der Waals surface area contributed by atoms with E-state index in [1.807, 2.05) is 0 Å². The molecule has 0 spiro atoms. The highest BCUT2D eigenvalue weighted by Crippen LogP contribution is 2.19. The van der Waals surface area contributed by atoms with Crippen molar-refractivity contribution in [3.05, 3.63) is 29.3 Å². The Labute approximate surface area is 70.0 Å². The Balaban J connectivity index is 0.00000121. The van der Waals surface area contributed by atoms with Crippen LogP contribution < -0.4 is 6.15 Å². The monoisotopic (exact) mass is 169 g/mol. The van der Waals surface area contributed by atoms with Crippen molar-refractivity contribution in [2.45, 2.75) is 6.92 Å². The Hall–Kier alpha value is -1.55. The first kappa shape index (κ1) is 10.4. The van der Waals surface area contributed by atoms with Gasteiger partial charge in [0.15, 0.2) is 0 Å². The number of carboxylic acids is 1. The smallest absolute Gasteiger partial charge is 0.339 e. The number of hydrogen-bond acceptors (Lipinski definition) is 3. The molecule has 0 amide bonds. The zero-order valence-electron chi connectivity index (χ0n) is 6.74. The third-order valence-corrected chi connectivity index (χ3v) is 1.46. The molecule has 0 saturated heterocycles. The van der Waals surface area contributed by atoms with Crippen LogP contribution in [0.15, 0.2) is 18.2 Å². The van der Waals surface area contributed by atoms with Gasteiger partial charge >= 0.3 is 5.97 Å². The summed E-state index contributed by atoms with van der Waals surface area (Å²) in [5.41, 5.74) is 0.546. The molecule has 5 N–H and O–H groups in total. The van der Waals surface area contributed by atoms with Crippen molar-refractivity contribution in [2.24, 2.45) is 0 Å². The van der Waals surface area contributed by atoms with Gasteiger partial charge < -0.3 is 16.4 Å². The van der Waals surface area contributed by atoms with Gasteiger partial charge in [-0.15, -0.1) is 0 Å². The molecule has 1 aromatic carbocycles. The molecule has 0 bridgehead atoms. The maximum absolute atomic E-state index is 10.5. The van der Waals surface area contributed by atoms with Crippen LogP contribution in [0.4, 0.5) is 0 Å². The van der Waals surface area contributed by atoms with Gasteiger partial charge in [0, 0.05) is 0 Å². The number of hydrogen-bond donors (Lipinski definition) is 3. The van der Waals surface area contributed by atoms with Crippen LogP contribution in [0, 0.1) is 6.92 Å². The summed E-state index contributed by atoms with van der Waals surface area (Å²) in [5, 5.41) is 17.7. The molecule has 0 heterocycles. The van der Waals surface area contributed by atoms with Gasteiger partial charge in [-0.1, -0.05) is 12.1 Å². The van der Waals surface area contributed by atoms with Gasteiger partial charge in [-0.05, 0) is 18.6 Å². The maximum Gasteiger partial charge on any atom is 0.339 e. The molecule has 4 heteroatoms. The van der Waals surface area contributed by atoms with Crippen molar-refractivity contribution in [1.82, 2.24) is 6.15 Å². The average Bonchev–Trinajstić information content (AvgIpc) is 1.85. The molecule has 0 aromatic heterocycles. The summed E-state index contributed by atoms with van der Waals surface area (Å²) in [6, 6.07) is 4.61. The van der Waals surface area contributed by atoms with Gasteiger partial charge in [0.1, 0.15) is 11.3 Å². The van der Waals surface area contributed by atoms with E-state index in [9.17, 15) is 4.79 Å². The van der Waals surface area contributed by atoms with E-state index in [0.29, 0.717) is 5.56 Å². The van der Waals surface area contributed by atoms with Crippen molar-refractivity contribution < 1.29 is 15.0 Å². The summed E-state index contributed by atoms with van der Waals surface area (Å²) in [6.45, 7) is 1.64. The van der Waals surface area contributed by atoms with Crippen molar-refractivity contribution in [1.29, 1.82) is 0 Å². The van der Waals surface area contributed by atoms with Crippen LogP contribution in [0.3, 0.4) is 0 Å². The summed E-state index contributed by atoms with van der Waals surface area (Å²) in [5.74, 6) is -1.28. The second-order valence-electron chi connectivity index (χ2n) is 2.27. The fraction of sp³-hybridized carbons (Fsp3) is 0.125. The third-order valence-electron chi connectivity index (χ3n) is 1.46. The standard InChI is InChI=1S/C8H8O3.H3N/c1-5-3-2-4-6(9)7(5)8(10)11;/h2-4,9H,1H3,(H,10,11);1H3. The zero-order valence-corrected chi connectivity index (χ0v) is 6.74. The van der Waals surface area contributed by atoms with Crippen LogP contribution in [0.1, 0.15) is 15.9 Å². The first-order valence-corrected chi connectivity index (χ1v) is 3.15. The molecule has 0 aliphatic heterocycles. The molecular weight excluding hydrogens is 158 g/mol. The topological polar surface area (TPSA) is 92.5 Å². The SMILES string of the molecule is Cc1cccc(O)c1C(=O)O.N. The van der Waals surface area contributed by atoms with Crippen molar-refractivity contribution in [2.75, 3.05) is 0 Å². The van der Waals surface area contributed by atoms with Crippen LogP contribution in [0.25, 0.3) is 0 Å². The lowest BCUT2D eigenvalue weighted by molar-refractivity contribution is 0.0693. The summed E-state index contributed by atoms with van der Waals surface area (Å²) in [7, 11) is 0. The minimum absolute atomic E-state index is 0. The summed E-state index contributed by atoms with van der Waals surface area (Å²) in [4.78, 5) is 10.5. The Morgan fingerprint density at radius 2 is 2.00 bits per heavy atom. The first-order valence-electron chi connectivity index (χ1n) is 3.15. The van der Waals surface area contributed by atoms with Gasteiger partial charge in [0.25, 0.3) is 0 Å². The highest BCUT2D eigenvalue weighted by atomic mass is 16.4. The lowest BCUT2D eigenvalue weighted by Crippen LogP contribution is -1.99. The van der Waals surface area contributed by atoms with Crippen molar-refractivity contribution >= 4 is 5.97 Å². The molecule has 1 rings (SSSR count). The largest absolute Gasteiger partial charge is 0.507 e. The lowest BCUT2D eigenvalue weighted by Gasteiger charge is -2.01. The Bertz CT molecular complexity index is 276. The molecule has 0 saturated carbocycles. The number of aromatic carboxylic acids is 1. The predicted molar refractivity (Wildman–Crippen MR) is 44.8 cm³/mol. The maximum atomic E-state index is 10.5. The molecule has 0 aliphatic rings. The fourth-order valence-electron chi connectivity index (χ4n) is 0.931. The number of carboxylic acid groups (broad SMARTS) is 1.